The molecule has 0 N–H and O–H groups in total. The summed E-state index contributed by atoms with van der Waals surface area (Å²) in [6.07, 6.45) is 7.59. The summed E-state index contributed by atoms with van der Waals surface area (Å²) in [6, 6.07) is 4.28. The van der Waals surface area contributed by atoms with Gasteiger partial charge >= 0.3 is 0 Å². The first kappa shape index (κ1) is 11.2. The number of methoxy groups -OCH3 is 2. The molecule has 4 fully saturated rings. The molecular formula is C20H20O2. The molecule has 2 spiro atoms. The maximum absolute atomic E-state index is 5.79. The van der Waals surface area contributed by atoms with E-state index in [0.717, 1.165) is 47.0 Å². The Labute approximate surface area is 130 Å². The Balaban J connectivity index is 1.58. The summed E-state index contributed by atoms with van der Waals surface area (Å²) in [5.41, 5.74) is 4.27. The van der Waals surface area contributed by atoms with Gasteiger partial charge in [-0.1, -0.05) is 12.2 Å². The van der Waals surface area contributed by atoms with Crippen LogP contribution in [0.15, 0.2) is 24.3 Å². The topological polar surface area (TPSA) is 18.5 Å². The lowest BCUT2D eigenvalue weighted by Crippen LogP contribution is -2.98. The van der Waals surface area contributed by atoms with Gasteiger partial charge in [0.15, 0.2) is 0 Å². The molecule has 2 heteroatoms. The number of rotatable bonds is 2. The third-order valence-electron chi connectivity index (χ3n) is 8.94. The molecule has 2 nitrogen and oxygen atoms in total. The first-order valence-corrected chi connectivity index (χ1v) is 8.72. The minimum absolute atomic E-state index is 0.600. The van der Waals surface area contributed by atoms with E-state index in [4.69, 9.17) is 9.47 Å². The van der Waals surface area contributed by atoms with Crippen LogP contribution in [0, 0.1) is 34.5 Å². The molecule has 0 unspecified atom stereocenters. The molecule has 0 aromatic heterocycles. The lowest BCUT2D eigenvalue weighted by atomic mass is 9.00. The highest BCUT2D eigenvalue weighted by atomic mass is 16.5. The van der Waals surface area contributed by atoms with Gasteiger partial charge in [0.25, 0.3) is 0 Å². The van der Waals surface area contributed by atoms with E-state index >= 15 is 0 Å². The van der Waals surface area contributed by atoms with E-state index in [1.165, 1.54) is 24.0 Å². The first-order chi connectivity index (χ1) is 10.8. The van der Waals surface area contributed by atoms with Gasteiger partial charge in [0, 0.05) is 11.1 Å². The van der Waals surface area contributed by atoms with E-state index in [1.54, 1.807) is 0 Å². The van der Waals surface area contributed by atoms with Gasteiger partial charge in [-0.25, -0.2) is 0 Å². The van der Waals surface area contributed by atoms with Gasteiger partial charge in [0.05, 0.1) is 14.2 Å². The van der Waals surface area contributed by atoms with Crippen molar-refractivity contribution in [1.82, 2.24) is 0 Å². The van der Waals surface area contributed by atoms with Crippen LogP contribution in [-0.2, 0) is 0 Å². The van der Waals surface area contributed by atoms with Gasteiger partial charge in [-0.2, -0.15) is 0 Å². The maximum Gasteiger partial charge on any atom is 0.122 e. The fourth-order valence-corrected chi connectivity index (χ4v) is 8.92. The van der Waals surface area contributed by atoms with Crippen LogP contribution in [0.4, 0.5) is 0 Å². The molecule has 112 valence electrons. The van der Waals surface area contributed by atoms with Crippen molar-refractivity contribution in [1.29, 1.82) is 0 Å². The van der Waals surface area contributed by atoms with E-state index in [1.807, 2.05) is 14.2 Å². The lowest BCUT2D eigenvalue weighted by Gasteiger charge is -3.03. The third-order valence-corrected chi connectivity index (χ3v) is 8.94. The lowest BCUT2D eigenvalue weighted by molar-refractivity contribution is -0.516. The van der Waals surface area contributed by atoms with Crippen LogP contribution in [-0.4, -0.2) is 14.2 Å². The van der Waals surface area contributed by atoms with Crippen LogP contribution < -0.4 is 9.47 Å². The predicted molar refractivity (Wildman–Crippen MR) is 82.2 cm³/mol. The second-order valence-corrected chi connectivity index (χ2v) is 8.42. The van der Waals surface area contributed by atoms with Gasteiger partial charge in [-0.05, 0) is 71.3 Å². The summed E-state index contributed by atoms with van der Waals surface area (Å²) in [4.78, 5) is 0. The molecule has 4 saturated carbocycles. The molecule has 1 aromatic carbocycles. The molecule has 2 bridgehead atoms. The summed E-state index contributed by atoms with van der Waals surface area (Å²) in [5.74, 6) is 7.78. The third kappa shape index (κ3) is 0.654. The molecule has 0 radical (unpaired) electrons. The summed E-state index contributed by atoms with van der Waals surface area (Å²) in [6.45, 7) is 0. The highest BCUT2D eigenvalue weighted by Gasteiger charge is 3.01. The zero-order valence-corrected chi connectivity index (χ0v) is 13.0. The van der Waals surface area contributed by atoms with E-state index < -0.39 is 0 Å². The minimum atomic E-state index is 0.600. The second-order valence-electron chi connectivity index (χ2n) is 8.42. The van der Waals surface area contributed by atoms with Crippen molar-refractivity contribution in [3.05, 3.63) is 35.4 Å². The molecule has 8 rings (SSSR count). The fraction of sp³-hybridized carbons (Fsp3) is 0.600. The largest absolute Gasteiger partial charge is 0.496 e. The number of hydrogen-bond acceptors (Lipinski definition) is 2. The number of ether oxygens (including phenoxy) is 2. The van der Waals surface area contributed by atoms with E-state index in [-0.39, 0.29) is 0 Å². The van der Waals surface area contributed by atoms with Crippen molar-refractivity contribution < 1.29 is 9.47 Å². The van der Waals surface area contributed by atoms with E-state index in [0.29, 0.717) is 10.8 Å². The molecule has 0 amide bonds. The van der Waals surface area contributed by atoms with Gasteiger partial charge in [-0.15, -0.1) is 0 Å². The molecule has 8 atom stereocenters. The molecule has 0 aliphatic heterocycles. The monoisotopic (exact) mass is 292 g/mol. The zero-order valence-electron chi connectivity index (χ0n) is 13.0. The molecular weight excluding hydrogens is 272 g/mol. The van der Waals surface area contributed by atoms with Crippen LogP contribution in [0.2, 0.25) is 0 Å². The number of benzene rings is 1. The Hall–Kier alpha value is -1.44. The molecule has 7 aliphatic rings. The fourth-order valence-electron chi connectivity index (χ4n) is 8.92. The Morgan fingerprint density at radius 2 is 1.27 bits per heavy atom. The average Bonchev–Trinajstić information content (AvgIpc) is 2.54. The van der Waals surface area contributed by atoms with Crippen LogP contribution >= 0.6 is 0 Å². The van der Waals surface area contributed by atoms with Crippen LogP contribution in [0.25, 0.3) is 0 Å². The Morgan fingerprint density at radius 3 is 1.68 bits per heavy atom. The highest BCUT2D eigenvalue weighted by Crippen LogP contribution is 3.06. The maximum atomic E-state index is 5.79. The van der Waals surface area contributed by atoms with Crippen LogP contribution in [0.1, 0.15) is 35.8 Å². The van der Waals surface area contributed by atoms with Crippen molar-refractivity contribution in [3.63, 3.8) is 0 Å². The number of allylic oxidation sites excluding steroid dienone is 2. The Bertz CT molecular complexity index is 730. The summed E-state index contributed by atoms with van der Waals surface area (Å²) < 4.78 is 11.6. The van der Waals surface area contributed by atoms with Crippen molar-refractivity contribution in [3.8, 4) is 11.5 Å². The van der Waals surface area contributed by atoms with E-state index in [9.17, 15) is 0 Å². The van der Waals surface area contributed by atoms with Crippen molar-refractivity contribution in [2.24, 2.45) is 34.5 Å². The minimum Gasteiger partial charge on any atom is -0.496 e. The normalized spacial score (nSPS) is 55.5. The van der Waals surface area contributed by atoms with Crippen molar-refractivity contribution in [2.75, 3.05) is 14.2 Å². The second kappa shape index (κ2) is 2.86. The quantitative estimate of drug-likeness (QED) is 0.773. The van der Waals surface area contributed by atoms with Gasteiger partial charge in [0.1, 0.15) is 11.5 Å². The summed E-state index contributed by atoms with van der Waals surface area (Å²) >= 11 is 0. The van der Waals surface area contributed by atoms with Crippen LogP contribution in [0.5, 0.6) is 11.5 Å². The standard InChI is InChI=1S/C20H20O2/c1-21-9-5-6-10(22-2)12-11(9)15-13-14-16(12)20-8-4-3-7-19(15,20)17(13)18(14)20/h3-6,13-18H,7-8H2,1-2H3/t13-,14+,15-,16+,17+,18-,19+,20-. The molecule has 1 aromatic rings. The smallest absolute Gasteiger partial charge is 0.122 e. The molecule has 0 heterocycles. The Kier molecular flexibility index (Phi) is 1.45. The SMILES string of the molecule is COc1ccc(OC)c2c1[C@@H]1[C@H]3[C@@H]4[C@@H]5[C@H]3[C@]13CC=CC[C@@]53[C@@H]24. The van der Waals surface area contributed by atoms with E-state index in [2.05, 4.69) is 24.3 Å². The van der Waals surface area contributed by atoms with Gasteiger partial charge in [-0.3, -0.25) is 0 Å². The average molecular weight is 292 g/mol. The summed E-state index contributed by atoms with van der Waals surface area (Å²) in [7, 11) is 3.66. The van der Waals surface area contributed by atoms with Crippen LogP contribution in [0.3, 0.4) is 0 Å². The predicted octanol–water partition coefficient (Wildman–Crippen LogP) is 3.73. The van der Waals surface area contributed by atoms with Crippen molar-refractivity contribution in [2.45, 2.75) is 24.7 Å². The molecule has 7 aliphatic carbocycles. The molecule has 22 heavy (non-hydrogen) atoms. The molecule has 0 saturated heterocycles. The van der Waals surface area contributed by atoms with Crippen molar-refractivity contribution >= 4 is 0 Å². The zero-order chi connectivity index (χ0) is 14.4. The van der Waals surface area contributed by atoms with Gasteiger partial charge in [0.2, 0.25) is 0 Å². The summed E-state index contributed by atoms with van der Waals surface area (Å²) in [5, 5.41) is 0. The van der Waals surface area contributed by atoms with Gasteiger partial charge < -0.3 is 9.47 Å². The highest BCUT2D eigenvalue weighted by molar-refractivity contribution is 5.69. The number of hydrogen-bond donors (Lipinski definition) is 0. The first-order valence-electron chi connectivity index (χ1n) is 8.72. The Morgan fingerprint density at radius 1 is 0.818 bits per heavy atom.